The maximum Gasteiger partial charge on any atom is 0.406 e. The SMILES string of the molecule is CC(C)[C@@H](N)C(=O)N(CCO)CC(F)(F)F. The predicted octanol–water partition coefficient (Wildman–Crippen LogP) is 0.353. The number of hydrogen-bond donors (Lipinski definition) is 2. The molecule has 1 amide bonds. The Bertz CT molecular complexity index is 231. The van der Waals surface area contributed by atoms with E-state index in [1.807, 2.05) is 0 Å². The van der Waals surface area contributed by atoms with Gasteiger partial charge in [-0.05, 0) is 5.92 Å². The fourth-order valence-corrected chi connectivity index (χ4v) is 1.10. The van der Waals surface area contributed by atoms with Gasteiger partial charge >= 0.3 is 6.18 Å². The molecule has 16 heavy (non-hydrogen) atoms. The number of aliphatic hydroxyl groups is 1. The zero-order valence-corrected chi connectivity index (χ0v) is 9.29. The molecule has 0 aliphatic carbocycles. The normalized spacial score (nSPS) is 14.0. The first-order chi connectivity index (χ1) is 7.19. The van der Waals surface area contributed by atoms with Crippen LogP contribution in [0.15, 0.2) is 0 Å². The Morgan fingerprint density at radius 3 is 2.25 bits per heavy atom. The minimum atomic E-state index is -4.48. The molecule has 0 rings (SSSR count). The second-order valence-corrected chi connectivity index (χ2v) is 3.87. The van der Waals surface area contributed by atoms with Gasteiger partial charge in [-0.3, -0.25) is 4.79 Å². The van der Waals surface area contributed by atoms with E-state index in [-0.39, 0.29) is 12.5 Å². The third-order valence-corrected chi connectivity index (χ3v) is 2.06. The molecule has 0 fully saturated rings. The molecule has 0 spiro atoms. The molecule has 0 heterocycles. The number of nitrogens with zero attached hydrogens (tertiary/aromatic N) is 1. The van der Waals surface area contributed by atoms with Gasteiger partial charge in [-0.1, -0.05) is 13.8 Å². The number of rotatable bonds is 5. The number of nitrogens with two attached hydrogens (primary N) is 1. The van der Waals surface area contributed by atoms with E-state index in [0.717, 1.165) is 0 Å². The second kappa shape index (κ2) is 6.05. The van der Waals surface area contributed by atoms with Crippen LogP contribution in [0, 0.1) is 5.92 Å². The number of carbonyl (C=O) groups is 1. The molecule has 96 valence electrons. The van der Waals surface area contributed by atoms with Crippen LogP contribution in [0.1, 0.15) is 13.8 Å². The molecule has 1 atom stereocenters. The van der Waals surface area contributed by atoms with Gasteiger partial charge in [-0.25, -0.2) is 0 Å². The molecule has 0 saturated carbocycles. The van der Waals surface area contributed by atoms with Gasteiger partial charge in [0.1, 0.15) is 6.54 Å². The fraction of sp³-hybridized carbons (Fsp3) is 0.889. The smallest absolute Gasteiger partial charge is 0.395 e. The molecule has 0 aliphatic heterocycles. The van der Waals surface area contributed by atoms with E-state index in [9.17, 15) is 18.0 Å². The molecule has 0 aromatic carbocycles. The summed E-state index contributed by atoms with van der Waals surface area (Å²) in [4.78, 5) is 12.1. The van der Waals surface area contributed by atoms with Crippen molar-refractivity contribution in [3.63, 3.8) is 0 Å². The highest BCUT2D eigenvalue weighted by Crippen LogP contribution is 2.17. The van der Waals surface area contributed by atoms with Crippen LogP contribution < -0.4 is 5.73 Å². The average molecular weight is 242 g/mol. The third-order valence-electron chi connectivity index (χ3n) is 2.06. The number of carbonyl (C=O) groups excluding carboxylic acids is 1. The first-order valence-electron chi connectivity index (χ1n) is 4.91. The van der Waals surface area contributed by atoms with Crippen molar-refractivity contribution in [3.8, 4) is 0 Å². The zero-order chi connectivity index (χ0) is 12.9. The number of alkyl halides is 3. The van der Waals surface area contributed by atoms with Gasteiger partial charge in [0, 0.05) is 6.54 Å². The second-order valence-electron chi connectivity index (χ2n) is 3.87. The molecule has 0 bridgehead atoms. The molecule has 0 saturated heterocycles. The zero-order valence-electron chi connectivity index (χ0n) is 9.29. The van der Waals surface area contributed by atoms with Crippen molar-refractivity contribution in [1.82, 2.24) is 4.90 Å². The van der Waals surface area contributed by atoms with Crippen molar-refractivity contribution in [2.45, 2.75) is 26.1 Å². The quantitative estimate of drug-likeness (QED) is 0.731. The van der Waals surface area contributed by atoms with Crippen molar-refractivity contribution >= 4 is 5.91 Å². The van der Waals surface area contributed by atoms with Gasteiger partial charge < -0.3 is 15.7 Å². The molecule has 0 unspecified atom stereocenters. The summed E-state index contributed by atoms with van der Waals surface area (Å²) < 4.78 is 36.4. The molecule has 7 heteroatoms. The maximum atomic E-state index is 12.1. The van der Waals surface area contributed by atoms with Crippen LogP contribution in [0.5, 0.6) is 0 Å². The topological polar surface area (TPSA) is 66.6 Å². The van der Waals surface area contributed by atoms with Crippen LogP contribution in [0.3, 0.4) is 0 Å². The van der Waals surface area contributed by atoms with Crippen LogP contribution >= 0.6 is 0 Å². The summed E-state index contributed by atoms with van der Waals surface area (Å²) in [5.41, 5.74) is 5.47. The molecule has 0 aliphatic rings. The van der Waals surface area contributed by atoms with Crippen LogP contribution in [-0.2, 0) is 4.79 Å². The van der Waals surface area contributed by atoms with E-state index in [4.69, 9.17) is 10.8 Å². The standard InChI is InChI=1S/C9H17F3N2O2/c1-6(2)7(13)8(16)14(3-4-15)5-9(10,11)12/h6-7,15H,3-5,13H2,1-2H3/t7-/m1/s1. The lowest BCUT2D eigenvalue weighted by Gasteiger charge is -2.27. The van der Waals surface area contributed by atoms with Gasteiger partial charge in [-0.15, -0.1) is 0 Å². The third kappa shape index (κ3) is 5.32. The molecule has 0 aromatic heterocycles. The molecule has 0 radical (unpaired) electrons. The van der Waals surface area contributed by atoms with Gasteiger partial charge in [-0.2, -0.15) is 13.2 Å². The minimum Gasteiger partial charge on any atom is -0.395 e. The van der Waals surface area contributed by atoms with Crippen molar-refractivity contribution in [2.24, 2.45) is 11.7 Å². The Kier molecular flexibility index (Phi) is 5.74. The highest BCUT2D eigenvalue weighted by molar-refractivity contribution is 5.82. The summed E-state index contributed by atoms with van der Waals surface area (Å²) in [5.74, 6) is -1.04. The summed E-state index contributed by atoms with van der Waals surface area (Å²) in [7, 11) is 0. The average Bonchev–Trinajstić information content (AvgIpc) is 2.12. The Morgan fingerprint density at radius 2 is 1.94 bits per heavy atom. The summed E-state index contributed by atoms with van der Waals surface area (Å²) in [5, 5.41) is 8.60. The molecular formula is C9H17F3N2O2. The first kappa shape index (κ1) is 15.2. The van der Waals surface area contributed by atoms with E-state index >= 15 is 0 Å². The van der Waals surface area contributed by atoms with Crippen molar-refractivity contribution in [1.29, 1.82) is 0 Å². The van der Waals surface area contributed by atoms with Crippen LogP contribution in [0.2, 0.25) is 0 Å². The lowest BCUT2D eigenvalue weighted by Crippen LogP contribution is -2.50. The maximum absolute atomic E-state index is 12.1. The van der Waals surface area contributed by atoms with E-state index in [1.165, 1.54) is 0 Å². The lowest BCUT2D eigenvalue weighted by atomic mass is 10.0. The highest BCUT2D eigenvalue weighted by atomic mass is 19.4. The largest absolute Gasteiger partial charge is 0.406 e. The number of hydrogen-bond acceptors (Lipinski definition) is 3. The molecule has 3 N–H and O–H groups in total. The number of amides is 1. The number of aliphatic hydroxyl groups excluding tert-OH is 1. The van der Waals surface area contributed by atoms with E-state index < -0.39 is 31.3 Å². The lowest BCUT2D eigenvalue weighted by molar-refractivity contribution is -0.163. The van der Waals surface area contributed by atoms with E-state index in [1.54, 1.807) is 13.8 Å². The van der Waals surface area contributed by atoms with E-state index in [2.05, 4.69) is 0 Å². The minimum absolute atomic E-state index is 0.248. The van der Waals surface area contributed by atoms with Gasteiger partial charge in [0.2, 0.25) is 5.91 Å². The first-order valence-corrected chi connectivity index (χ1v) is 4.91. The van der Waals surface area contributed by atoms with Crippen molar-refractivity contribution in [2.75, 3.05) is 19.7 Å². The van der Waals surface area contributed by atoms with Gasteiger partial charge in [0.15, 0.2) is 0 Å². The Hall–Kier alpha value is -0.820. The molecule has 4 nitrogen and oxygen atoms in total. The Labute approximate surface area is 92.2 Å². The van der Waals surface area contributed by atoms with Gasteiger partial charge in [0.05, 0.1) is 12.6 Å². The van der Waals surface area contributed by atoms with Gasteiger partial charge in [0.25, 0.3) is 0 Å². The Morgan fingerprint density at radius 1 is 1.44 bits per heavy atom. The molecular weight excluding hydrogens is 225 g/mol. The summed E-state index contributed by atoms with van der Waals surface area (Å²) in [6.07, 6.45) is -4.48. The van der Waals surface area contributed by atoms with Crippen molar-refractivity contribution < 1.29 is 23.1 Å². The highest BCUT2D eigenvalue weighted by Gasteiger charge is 2.34. The Balaban J connectivity index is 4.59. The predicted molar refractivity (Wildman–Crippen MR) is 52.5 cm³/mol. The summed E-state index contributed by atoms with van der Waals surface area (Å²) >= 11 is 0. The van der Waals surface area contributed by atoms with Crippen LogP contribution in [0.4, 0.5) is 13.2 Å². The fourth-order valence-electron chi connectivity index (χ4n) is 1.10. The van der Waals surface area contributed by atoms with Crippen LogP contribution in [-0.4, -0.2) is 47.8 Å². The summed E-state index contributed by atoms with van der Waals surface area (Å²) in [6.45, 7) is 1.03. The summed E-state index contributed by atoms with van der Waals surface area (Å²) in [6, 6.07) is -0.978. The molecule has 0 aromatic rings. The van der Waals surface area contributed by atoms with E-state index in [0.29, 0.717) is 4.90 Å². The van der Waals surface area contributed by atoms with Crippen molar-refractivity contribution in [3.05, 3.63) is 0 Å². The van der Waals surface area contributed by atoms with Crippen LogP contribution in [0.25, 0.3) is 0 Å². The number of halogens is 3. The monoisotopic (exact) mass is 242 g/mol.